The van der Waals surface area contributed by atoms with Crippen LogP contribution in [0, 0.1) is 0 Å². The van der Waals surface area contributed by atoms with Gasteiger partial charge in [-0.1, -0.05) is 0 Å². The number of ether oxygens (including phenoxy) is 2. The van der Waals surface area contributed by atoms with Crippen LogP contribution in [0.1, 0.15) is 31.1 Å². The Labute approximate surface area is 223 Å². The lowest BCUT2D eigenvalue weighted by Gasteiger charge is -2.23. The van der Waals surface area contributed by atoms with E-state index in [1.54, 1.807) is 0 Å². The zero-order chi connectivity index (χ0) is 29.5. The molecule has 0 bridgehead atoms. The average molecular weight is 559 g/mol. The van der Waals surface area contributed by atoms with Gasteiger partial charge in [0, 0.05) is 16.7 Å². The molecule has 0 saturated carbocycles. The molecule has 0 aliphatic carbocycles. The van der Waals surface area contributed by atoms with Crippen molar-refractivity contribution in [2.45, 2.75) is 0 Å². The molecule has 40 heavy (non-hydrogen) atoms. The maximum Gasteiger partial charge on any atom is 0.339 e. The summed E-state index contributed by atoms with van der Waals surface area (Å²) in [7, 11) is 0. The van der Waals surface area contributed by atoms with E-state index < -0.39 is 105 Å². The fourth-order valence-electron chi connectivity index (χ4n) is 3.99. The molecule has 15 heteroatoms. The third kappa shape index (κ3) is 4.66. The Morgan fingerprint density at radius 1 is 0.575 bits per heavy atom. The van der Waals surface area contributed by atoms with Crippen LogP contribution in [0.15, 0.2) is 24.3 Å². The fraction of sp³-hybridized carbons (Fsp3) is 0.160. The highest BCUT2D eigenvalue weighted by Gasteiger charge is 2.32. The first kappa shape index (κ1) is 27.3. The molecule has 1 heterocycles. The molecule has 0 radical (unpaired) electrons. The Balaban J connectivity index is 1.83. The van der Waals surface area contributed by atoms with Crippen molar-refractivity contribution >= 4 is 17.8 Å². The van der Waals surface area contributed by atoms with E-state index in [0.717, 1.165) is 17.0 Å². The number of amides is 1. The Morgan fingerprint density at radius 3 is 1.35 bits per heavy atom. The van der Waals surface area contributed by atoms with Gasteiger partial charge in [-0.25, -0.2) is 9.59 Å². The standard InChI is InChI=1S/C25H21NO14/c27-12-5-9(6-13(28)18(12)31)23(36)26-1-3-39-24(37)10-7-14(29)19(32)21(34)16(10)17-11(25(38)40-4-2-26)8-15(30)20(33)22(17)35/h5-8,27-35H,1-4H2. The minimum atomic E-state index is -1.28. The van der Waals surface area contributed by atoms with Crippen LogP contribution in [0.2, 0.25) is 0 Å². The summed E-state index contributed by atoms with van der Waals surface area (Å²) in [5.74, 6) is -12.6. The number of cyclic esters (lactones) is 2. The van der Waals surface area contributed by atoms with Crippen LogP contribution in [-0.4, -0.2) is 95.0 Å². The maximum atomic E-state index is 13.1. The number of carbonyl (C=O) groups excluding carboxylic acids is 3. The number of esters is 2. The molecule has 1 amide bonds. The van der Waals surface area contributed by atoms with Crippen LogP contribution in [0.25, 0.3) is 11.1 Å². The first-order valence-corrected chi connectivity index (χ1v) is 11.3. The van der Waals surface area contributed by atoms with Gasteiger partial charge in [0.1, 0.15) is 13.2 Å². The molecular weight excluding hydrogens is 538 g/mol. The van der Waals surface area contributed by atoms with Crippen LogP contribution in [0.3, 0.4) is 0 Å². The molecule has 0 fully saturated rings. The maximum absolute atomic E-state index is 13.1. The van der Waals surface area contributed by atoms with Gasteiger partial charge >= 0.3 is 11.9 Å². The number of rotatable bonds is 1. The van der Waals surface area contributed by atoms with E-state index in [9.17, 15) is 60.3 Å². The van der Waals surface area contributed by atoms with Crippen molar-refractivity contribution in [1.29, 1.82) is 0 Å². The fourth-order valence-corrected chi connectivity index (χ4v) is 3.99. The summed E-state index contributed by atoms with van der Waals surface area (Å²) < 4.78 is 10.3. The minimum Gasteiger partial charge on any atom is -0.504 e. The van der Waals surface area contributed by atoms with Gasteiger partial charge in [-0.15, -0.1) is 0 Å². The lowest BCUT2D eigenvalue weighted by Crippen LogP contribution is -2.37. The quantitative estimate of drug-likeness (QED) is 0.150. The summed E-state index contributed by atoms with van der Waals surface area (Å²) in [6.07, 6.45) is 0. The van der Waals surface area contributed by atoms with Gasteiger partial charge in [-0.2, -0.15) is 0 Å². The number of nitrogens with zero attached hydrogens (tertiary/aromatic N) is 1. The summed E-state index contributed by atoms with van der Waals surface area (Å²) in [5, 5.41) is 90.4. The highest BCUT2D eigenvalue weighted by atomic mass is 16.5. The number of carbonyl (C=O) groups is 3. The molecule has 0 unspecified atom stereocenters. The van der Waals surface area contributed by atoms with E-state index in [1.807, 2.05) is 0 Å². The van der Waals surface area contributed by atoms with E-state index in [0.29, 0.717) is 12.1 Å². The number of hydrogen-bond acceptors (Lipinski definition) is 14. The molecule has 4 rings (SSSR count). The average Bonchev–Trinajstić information content (AvgIpc) is 2.92. The van der Waals surface area contributed by atoms with Crippen molar-refractivity contribution in [1.82, 2.24) is 4.90 Å². The SMILES string of the molecule is O=C1OCCN(C(=O)c2cc(O)c(O)c(O)c2)CCOC(=O)c2cc(O)c(O)c(O)c2-c2c1cc(O)c(O)c2O. The van der Waals surface area contributed by atoms with E-state index in [1.165, 1.54) is 0 Å². The lowest BCUT2D eigenvalue weighted by molar-refractivity contribution is 0.0364. The predicted octanol–water partition coefficient (Wildman–Crippen LogP) is 1.17. The van der Waals surface area contributed by atoms with Crippen molar-refractivity contribution in [2.24, 2.45) is 0 Å². The van der Waals surface area contributed by atoms with E-state index >= 15 is 0 Å². The van der Waals surface area contributed by atoms with Crippen LogP contribution >= 0.6 is 0 Å². The second-order valence-electron chi connectivity index (χ2n) is 8.46. The number of phenols is 9. The normalized spacial score (nSPS) is 14.1. The Kier molecular flexibility index (Phi) is 6.97. The monoisotopic (exact) mass is 559 g/mol. The predicted molar refractivity (Wildman–Crippen MR) is 130 cm³/mol. The van der Waals surface area contributed by atoms with Crippen molar-refractivity contribution in [3.05, 3.63) is 41.0 Å². The van der Waals surface area contributed by atoms with Crippen molar-refractivity contribution in [3.63, 3.8) is 0 Å². The Morgan fingerprint density at radius 2 is 0.950 bits per heavy atom. The number of fused-ring (bicyclic) bond motifs is 3. The topological polar surface area (TPSA) is 255 Å². The third-order valence-electron chi connectivity index (χ3n) is 5.99. The summed E-state index contributed by atoms with van der Waals surface area (Å²) in [5.41, 5.74) is -3.22. The summed E-state index contributed by atoms with van der Waals surface area (Å²) in [6.45, 7) is -1.77. The highest BCUT2D eigenvalue weighted by Crippen LogP contribution is 2.52. The van der Waals surface area contributed by atoms with Crippen LogP contribution in [-0.2, 0) is 9.47 Å². The molecular formula is C25H21NO14. The number of phenolic OH excluding ortho intramolecular Hbond substituents is 9. The van der Waals surface area contributed by atoms with Crippen molar-refractivity contribution in [3.8, 4) is 62.9 Å². The third-order valence-corrected chi connectivity index (χ3v) is 5.99. The molecule has 3 aromatic carbocycles. The molecule has 0 aromatic heterocycles. The lowest BCUT2D eigenvalue weighted by atomic mass is 9.92. The van der Waals surface area contributed by atoms with Gasteiger partial charge in [0.15, 0.2) is 40.2 Å². The zero-order valence-corrected chi connectivity index (χ0v) is 20.2. The van der Waals surface area contributed by atoms with Gasteiger partial charge in [0.25, 0.3) is 5.91 Å². The first-order chi connectivity index (χ1) is 18.8. The molecule has 1 aliphatic heterocycles. The molecule has 210 valence electrons. The van der Waals surface area contributed by atoms with Gasteiger partial charge in [0.2, 0.25) is 11.5 Å². The molecule has 0 spiro atoms. The number of hydrogen-bond donors (Lipinski definition) is 9. The van der Waals surface area contributed by atoms with Gasteiger partial charge in [-0.05, 0) is 24.3 Å². The largest absolute Gasteiger partial charge is 0.504 e. The molecule has 3 aromatic rings. The van der Waals surface area contributed by atoms with Crippen LogP contribution in [0.5, 0.6) is 51.7 Å². The van der Waals surface area contributed by atoms with E-state index in [-0.39, 0.29) is 18.7 Å². The molecule has 9 N–H and O–H groups in total. The molecule has 0 saturated heterocycles. The number of aromatic hydroxyl groups is 9. The summed E-state index contributed by atoms with van der Waals surface area (Å²) in [4.78, 5) is 40.1. The summed E-state index contributed by atoms with van der Waals surface area (Å²) in [6, 6.07) is 3.02. The van der Waals surface area contributed by atoms with Gasteiger partial charge in [0.05, 0.1) is 24.2 Å². The zero-order valence-electron chi connectivity index (χ0n) is 20.2. The second kappa shape index (κ2) is 10.2. The minimum absolute atomic E-state index is 0.291. The highest BCUT2D eigenvalue weighted by molar-refractivity contribution is 6.08. The first-order valence-electron chi connectivity index (χ1n) is 11.3. The van der Waals surface area contributed by atoms with Crippen LogP contribution in [0.4, 0.5) is 0 Å². The smallest absolute Gasteiger partial charge is 0.339 e. The molecule has 15 nitrogen and oxygen atoms in total. The van der Waals surface area contributed by atoms with Gasteiger partial charge in [-0.3, -0.25) is 4.79 Å². The molecule has 0 atom stereocenters. The van der Waals surface area contributed by atoms with Crippen molar-refractivity contribution < 1.29 is 69.8 Å². The van der Waals surface area contributed by atoms with Crippen molar-refractivity contribution in [2.75, 3.05) is 26.3 Å². The molecule has 1 aliphatic rings. The second-order valence-corrected chi connectivity index (χ2v) is 8.46. The Bertz CT molecular complexity index is 1460. The number of benzene rings is 3. The van der Waals surface area contributed by atoms with E-state index in [4.69, 9.17) is 9.47 Å². The van der Waals surface area contributed by atoms with E-state index in [2.05, 4.69) is 0 Å². The van der Waals surface area contributed by atoms with Crippen LogP contribution < -0.4 is 0 Å². The van der Waals surface area contributed by atoms with Gasteiger partial charge < -0.3 is 60.3 Å². The summed E-state index contributed by atoms with van der Waals surface area (Å²) >= 11 is 0. The Hall–Kier alpha value is -5.73.